The van der Waals surface area contributed by atoms with E-state index in [1.165, 1.54) is 0 Å². The van der Waals surface area contributed by atoms with E-state index in [-0.39, 0.29) is 23.4 Å². The molecule has 0 aliphatic carbocycles. The van der Waals surface area contributed by atoms with E-state index in [1.807, 2.05) is 55.5 Å². The lowest BCUT2D eigenvalue weighted by Crippen LogP contribution is -2.44. The minimum absolute atomic E-state index is 0.0198. The fourth-order valence-corrected chi connectivity index (χ4v) is 3.96. The summed E-state index contributed by atoms with van der Waals surface area (Å²) in [4.78, 5) is 24.6. The Balaban J connectivity index is 1.59. The molecule has 0 aromatic heterocycles. The van der Waals surface area contributed by atoms with Gasteiger partial charge in [-0.3, -0.25) is 9.59 Å². The minimum atomic E-state index is -0.383. The Morgan fingerprint density at radius 2 is 1.67 bits per heavy atom. The maximum absolute atomic E-state index is 12.6. The van der Waals surface area contributed by atoms with Gasteiger partial charge in [-0.2, -0.15) is 0 Å². The largest absolute Gasteiger partial charge is 0.497 e. The Kier molecular flexibility index (Phi) is 6.98. The molecule has 0 bridgehead atoms. The maximum atomic E-state index is 12.6. The summed E-state index contributed by atoms with van der Waals surface area (Å²) in [7, 11) is 3.27. The standard InChI is InChI=1S/C24H30N2O4/c1-17(19-6-10-21(30-3)11-7-19)25-22(27)12-14-24(15-13-23(28)26-24)16-18-4-8-20(29-2)9-5-18/h4-11,17H,12-16H2,1-3H3,(H,25,27)(H,26,28)/t17-,24+/m1/s1. The van der Waals surface area contributed by atoms with Crippen LogP contribution in [0.1, 0.15) is 49.8 Å². The molecule has 1 saturated heterocycles. The molecule has 1 aliphatic rings. The average Bonchev–Trinajstić information content (AvgIpc) is 3.13. The maximum Gasteiger partial charge on any atom is 0.220 e. The Morgan fingerprint density at radius 1 is 1.07 bits per heavy atom. The Labute approximate surface area is 178 Å². The first-order valence-corrected chi connectivity index (χ1v) is 10.3. The molecular weight excluding hydrogens is 380 g/mol. The number of nitrogens with one attached hydrogen (secondary N) is 2. The highest BCUT2D eigenvalue weighted by Crippen LogP contribution is 2.30. The SMILES string of the molecule is COc1ccc(C[C@]2(CCC(=O)N[C@H](C)c3ccc(OC)cc3)CCC(=O)N2)cc1. The summed E-state index contributed by atoms with van der Waals surface area (Å²) in [6, 6.07) is 15.4. The quantitative estimate of drug-likeness (QED) is 0.663. The molecule has 2 aromatic carbocycles. The molecule has 2 atom stereocenters. The van der Waals surface area contributed by atoms with E-state index in [0.717, 1.165) is 29.0 Å². The van der Waals surface area contributed by atoms with Gasteiger partial charge in [-0.15, -0.1) is 0 Å². The number of carbonyl (C=O) groups is 2. The van der Waals surface area contributed by atoms with Crippen LogP contribution in [0.3, 0.4) is 0 Å². The highest BCUT2D eigenvalue weighted by molar-refractivity contribution is 5.80. The van der Waals surface area contributed by atoms with Gasteiger partial charge in [0.15, 0.2) is 0 Å². The lowest BCUT2D eigenvalue weighted by atomic mass is 9.85. The first-order chi connectivity index (χ1) is 14.4. The molecule has 2 N–H and O–H groups in total. The monoisotopic (exact) mass is 410 g/mol. The highest BCUT2D eigenvalue weighted by atomic mass is 16.5. The third kappa shape index (κ3) is 5.53. The van der Waals surface area contributed by atoms with Gasteiger partial charge in [0.1, 0.15) is 11.5 Å². The van der Waals surface area contributed by atoms with Crippen LogP contribution in [-0.4, -0.2) is 31.6 Å². The molecular formula is C24H30N2O4. The summed E-state index contributed by atoms with van der Waals surface area (Å²) in [6.45, 7) is 1.96. The molecule has 3 rings (SSSR count). The van der Waals surface area contributed by atoms with Crippen molar-refractivity contribution in [3.63, 3.8) is 0 Å². The van der Waals surface area contributed by atoms with Crippen LogP contribution in [0.5, 0.6) is 11.5 Å². The molecule has 1 fully saturated rings. The van der Waals surface area contributed by atoms with E-state index >= 15 is 0 Å². The molecule has 0 saturated carbocycles. The second-order valence-corrected chi connectivity index (χ2v) is 7.92. The Bertz CT molecular complexity index is 864. The molecule has 0 unspecified atom stereocenters. The molecule has 0 spiro atoms. The van der Waals surface area contributed by atoms with E-state index < -0.39 is 0 Å². The zero-order valence-electron chi connectivity index (χ0n) is 17.9. The molecule has 30 heavy (non-hydrogen) atoms. The molecule has 2 aromatic rings. The first kappa shape index (κ1) is 21.7. The van der Waals surface area contributed by atoms with Gasteiger partial charge in [0, 0.05) is 18.4 Å². The predicted octanol–water partition coefficient (Wildman–Crippen LogP) is 3.55. The van der Waals surface area contributed by atoms with Gasteiger partial charge in [-0.25, -0.2) is 0 Å². The van der Waals surface area contributed by atoms with E-state index in [1.54, 1.807) is 14.2 Å². The van der Waals surface area contributed by atoms with Crippen molar-refractivity contribution < 1.29 is 19.1 Å². The van der Waals surface area contributed by atoms with Crippen LogP contribution in [0.2, 0.25) is 0 Å². The van der Waals surface area contributed by atoms with Gasteiger partial charge in [-0.1, -0.05) is 24.3 Å². The molecule has 6 heteroatoms. The fraction of sp³-hybridized carbons (Fsp3) is 0.417. The lowest BCUT2D eigenvalue weighted by Gasteiger charge is -2.29. The van der Waals surface area contributed by atoms with Crippen LogP contribution < -0.4 is 20.1 Å². The number of hydrogen-bond acceptors (Lipinski definition) is 4. The van der Waals surface area contributed by atoms with Gasteiger partial charge >= 0.3 is 0 Å². The summed E-state index contributed by atoms with van der Waals surface area (Å²) in [5, 5.41) is 6.19. The van der Waals surface area contributed by atoms with Crippen molar-refractivity contribution in [2.75, 3.05) is 14.2 Å². The summed E-state index contributed by atoms with van der Waals surface area (Å²) in [5.74, 6) is 1.62. The van der Waals surface area contributed by atoms with Crippen LogP contribution in [-0.2, 0) is 16.0 Å². The highest BCUT2D eigenvalue weighted by Gasteiger charge is 2.37. The van der Waals surface area contributed by atoms with Gasteiger partial charge < -0.3 is 20.1 Å². The third-order valence-electron chi connectivity index (χ3n) is 5.76. The average molecular weight is 411 g/mol. The summed E-state index contributed by atoms with van der Waals surface area (Å²) in [5.41, 5.74) is 1.75. The predicted molar refractivity (Wildman–Crippen MR) is 116 cm³/mol. The summed E-state index contributed by atoms with van der Waals surface area (Å²) in [6.07, 6.45) is 2.89. The van der Waals surface area contributed by atoms with Crippen LogP contribution in [0, 0.1) is 0 Å². The number of carbonyl (C=O) groups excluding carboxylic acids is 2. The zero-order chi connectivity index (χ0) is 21.6. The number of methoxy groups -OCH3 is 2. The lowest BCUT2D eigenvalue weighted by molar-refractivity contribution is -0.123. The topological polar surface area (TPSA) is 76.7 Å². The van der Waals surface area contributed by atoms with E-state index in [2.05, 4.69) is 10.6 Å². The van der Waals surface area contributed by atoms with Gasteiger partial charge in [0.25, 0.3) is 0 Å². The molecule has 1 aliphatic heterocycles. The van der Waals surface area contributed by atoms with Gasteiger partial charge in [-0.05, 0) is 61.6 Å². The van der Waals surface area contributed by atoms with Crippen molar-refractivity contribution >= 4 is 11.8 Å². The second-order valence-electron chi connectivity index (χ2n) is 7.92. The van der Waals surface area contributed by atoms with Crippen LogP contribution in [0.15, 0.2) is 48.5 Å². The number of rotatable bonds is 9. The molecule has 1 heterocycles. The number of benzene rings is 2. The van der Waals surface area contributed by atoms with E-state index in [9.17, 15) is 9.59 Å². The van der Waals surface area contributed by atoms with Crippen LogP contribution >= 0.6 is 0 Å². The Hall–Kier alpha value is -3.02. The van der Waals surface area contributed by atoms with Crippen molar-refractivity contribution in [3.05, 3.63) is 59.7 Å². The zero-order valence-corrected chi connectivity index (χ0v) is 17.9. The van der Waals surface area contributed by atoms with Gasteiger partial charge in [0.05, 0.1) is 20.3 Å². The smallest absolute Gasteiger partial charge is 0.220 e. The molecule has 6 nitrogen and oxygen atoms in total. The van der Waals surface area contributed by atoms with E-state index in [0.29, 0.717) is 25.7 Å². The fourth-order valence-electron chi connectivity index (χ4n) is 3.96. The van der Waals surface area contributed by atoms with E-state index in [4.69, 9.17) is 9.47 Å². The first-order valence-electron chi connectivity index (χ1n) is 10.3. The summed E-state index contributed by atoms with van der Waals surface area (Å²) >= 11 is 0. The normalized spacial score (nSPS) is 19.1. The minimum Gasteiger partial charge on any atom is -0.497 e. The number of ether oxygens (including phenoxy) is 2. The molecule has 0 radical (unpaired) electrons. The van der Waals surface area contributed by atoms with Crippen molar-refractivity contribution in [2.45, 2.75) is 50.6 Å². The van der Waals surface area contributed by atoms with Crippen molar-refractivity contribution in [1.82, 2.24) is 10.6 Å². The molecule has 160 valence electrons. The van der Waals surface area contributed by atoms with Gasteiger partial charge in [0.2, 0.25) is 11.8 Å². The third-order valence-corrected chi connectivity index (χ3v) is 5.76. The number of amides is 2. The van der Waals surface area contributed by atoms with Crippen molar-refractivity contribution in [1.29, 1.82) is 0 Å². The number of hydrogen-bond donors (Lipinski definition) is 2. The second kappa shape index (κ2) is 9.65. The van der Waals surface area contributed by atoms with Crippen LogP contribution in [0.25, 0.3) is 0 Å². The Morgan fingerprint density at radius 3 is 2.20 bits per heavy atom. The van der Waals surface area contributed by atoms with Crippen molar-refractivity contribution in [3.8, 4) is 11.5 Å². The van der Waals surface area contributed by atoms with Crippen LogP contribution in [0.4, 0.5) is 0 Å². The van der Waals surface area contributed by atoms with Crippen molar-refractivity contribution in [2.24, 2.45) is 0 Å². The summed E-state index contributed by atoms with van der Waals surface area (Å²) < 4.78 is 10.4. The molecule has 2 amide bonds.